The Bertz CT molecular complexity index is 478. The third-order valence-corrected chi connectivity index (χ3v) is 2.89. The van der Waals surface area contributed by atoms with Crippen LogP contribution in [0.2, 0.25) is 0 Å². The minimum absolute atomic E-state index is 0.0791. The van der Waals surface area contributed by atoms with Crippen LogP contribution < -0.4 is 15.8 Å². The number of hydrogen-bond donors (Lipinski definition) is 2. The molecule has 1 aromatic rings. The molecular formula is C12H20N6O3. The van der Waals surface area contributed by atoms with Crippen LogP contribution in [0.3, 0.4) is 0 Å². The maximum Gasteiger partial charge on any atom is 0.323 e. The lowest BCUT2D eigenvalue weighted by Crippen LogP contribution is -2.41. The molecule has 0 atom stereocenters. The Kier molecular flexibility index (Phi) is 5.50. The van der Waals surface area contributed by atoms with Gasteiger partial charge in [-0.1, -0.05) is 0 Å². The Hall–Kier alpha value is -2.16. The molecule has 0 radical (unpaired) electrons. The lowest BCUT2D eigenvalue weighted by molar-refractivity contribution is -0.134. The van der Waals surface area contributed by atoms with Gasteiger partial charge in [-0.3, -0.25) is 4.79 Å². The van der Waals surface area contributed by atoms with Gasteiger partial charge in [0.2, 0.25) is 17.8 Å². The van der Waals surface area contributed by atoms with Crippen molar-refractivity contribution >= 4 is 17.8 Å². The number of nitrogens with one attached hydrogen (secondary N) is 1. The number of ether oxygens (including phenoxy) is 2. The fourth-order valence-corrected chi connectivity index (χ4v) is 1.90. The SMILES string of the molecule is CCOc1nc(N)nc(NCCC(=O)N2CCOCC2)n1. The molecule has 1 fully saturated rings. The first-order chi connectivity index (χ1) is 10.2. The van der Waals surface area contributed by atoms with Crippen LogP contribution in [0.15, 0.2) is 0 Å². The summed E-state index contributed by atoms with van der Waals surface area (Å²) in [5, 5.41) is 2.95. The van der Waals surface area contributed by atoms with Gasteiger partial charge < -0.3 is 25.4 Å². The van der Waals surface area contributed by atoms with Crippen molar-refractivity contribution in [1.29, 1.82) is 0 Å². The van der Waals surface area contributed by atoms with E-state index in [9.17, 15) is 4.79 Å². The molecule has 9 nitrogen and oxygen atoms in total. The molecule has 1 aliphatic heterocycles. The average Bonchev–Trinajstić information content (AvgIpc) is 2.48. The predicted octanol–water partition coefficient (Wildman–Crippen LogP) is -0.487. The van der Waals surface area contributed by atoms with Crippen LogP contribution in [0.25, 0.3) is 0 Å². The van der Waals surface area contributed by atoms with Crippen LogP contribution >= 0.6 is 0 Å². The molecule has 2 rings (SSSR count). The highest BCUT2D eigenvalue weighted by Gasteiger charge is 2.16. The number of aromatic nitrogens is 3. The second-order valence-electron chi connectivity index (χ2n) is 4.40. The molecule has 0 unspecified atom stereocenters. The molecule has 0 aliphatic carbocycles. The number of carbonyl (C=O) groups is 1. The summed E-state index contributed by atoms with van der Waals surface area (Å²) in [5.74, 6) is 0.467. The first-order valence-electron chi connectivity index (χ1n) is 6.92. The molecule has 1 amide bonds. The van der Waals surface area contributed by atoms with Gasteiger partial charge in [0.25, 0.3) is 0 Å². The highest BCUT2D eigenvalue weighted by atomic mass is 16.5. The maximum atomic E-state index is 12.0. The summed E-state index contributed by atoms with van der Waals surface area (Å²) in [4.78, 5) is 25.6. The Morgan fingerprint density at radius 3 is 2.86 bits per heavy atom. The Labute approximate surface area is 122 Å². The number of nitrogens with zero attached hydrogens (tertiary/aromatic N) is 4. The van der Waals surface area contributed by atoms with Gasteiger partial charge in [-0.05, 0) is 6.92 Å². The van der Waals surface area contributed by atoms with Gasteiger partial charge in [0, 0.05) is 26.1 Å². The van der Waals surface area contributed by atoms with Crippen molar-refractivity contribution in [3.05, 3.63) is 0 Å². The minimum atomic E-state index is 0.0791. The van der Waals surface area contributed by atoms with Crippen LogP contribution in [0.5, 0.6) is 6.01 Å². The number of nitrogen functional groups attached to an aromatic ring is 1. The third-order valence-electron chi connectivity index (χ3n) is 2.89. The van der Waals surface area contributed by atoms with Gasteiger partial charge in [-0.15, -0.1) is 0 Å². The molecule has 9 heteroatoms. The van der Waals surface area contributed by atoms with Crippen LogP contribution in [-0.4, -0.2) is 65.2 Å². The molecule has 0 spiro atoms. The first kappa shape index (κ1) is 15.2. The Balaban J connectivity index is 1.81. The van der Waals surface area contributed by atoms with Crippen molar-refractivity contribution in [1.82, 2.24) is 19.9 Å². The largest absolute Gasteiger partial charge is 0.464 e. The van der Waals surface area contributed by atoms with Crippen LogP contribution in [0.1, 0.15) is 13.3 Å². The number of morpholine rings is 1. The van der Waals surface area contributed by atoms with Crippen molar-refractivity contribution in [3.63, 3.8) is 0 Å². The Morgan fingerprint density at radius 2 is 2.14 bits per heavy atom. The summed E-state index contributed by atoms with van der Waals surface area (Å²) in [6.07, 6.45) is 0.357. The molecule has 3 N–H and O–H groups in total. The highest BCUT2D eigenvalue weighted by Crippen LogP contribution is 2.09. The fraction of sp³-hybridized carbons (Fsp3) is 0.667. The maximum absolute atomic E-state index is 12.0. The van der Waals surface area contributed by atoms with Crippen LogP contribution in [-0.2, 0) is 9.53 Å². The molecule has 2 heterocycles. The zero-order chi connectivity index (χ0) is 15.1. The van der Waals surface area contributed by atoms with E-state index in [0.717, 1.165) is 0 Å². The average molecular weight is 296 g/mol. The summed E-state index contributed by atoms with van der Waals surface area (Å²) >= 11 is 0. The van der Waals surface area contributed by atoms with E-state index in [1.54, 1.807) is 4.90 Å². The van der Waals surface area contributed by atoms with Gasteiger partial charge in [-0.25, -0.2) is 0 Å². The normalized spacial score (nSPS) is 14.8. The van der Waals surface area contributed by atoms with Gasteiger partial charge in [0.15, 0.2) is 0 Å². The standard InChI is InChI=1S/C12H20N6O3/c1-2-21-12-16-10(13)15-11(17-12)14-4-3-9(19)18-5-7-20-8-6-18/h2-8H2,1H3,(H3,13,14,15,16,17). The molecular weight excluding hydrogens is 276 g/mol. The van der Waals surface area contributed by atoms with Gasteiger partial charge in [-0.2, -0.15) is 15.0 Å². The number of amides is 1. The third kappa shape index (κ3) is 4.71. The van der Waals surface area contributed by atoms with E-state index in [2.05, 4.69) is 20.3 Å². The lowest BCUT2D eigenvalue weighted by Gasteiger charge is -2.26. The number of nitrogens with two attached hydrogens (primary N) is 1. The van der Waals surface area contributed by atoms with E-state index in [-0.39, 0.29) is 17.9 Å². The van der Waals surface area contributed by atoms with E-state index in [4.69, 9.17) is 15.2 Å². The van der Waals surface area contributed by atoms with E-state index in [1.807, 2.05) is 6.92 Å². The zero-order valence-corrected chi connectivity index (χ0v) is 12.0. The number of carbonyl (C=O) groups excluding carboxylic acids is 1. The molecule has 1 saturated heterocycles. The molecule has 0 saturated carbocycles. The summed E-state index contributed by atoms with van der Waals surface area (Å²) in [6, 6.07) is 0.173. The molecule has 0 aromatic carbocycles. The predicted molar refractivity (Wildman–Crippen MR) is 75.9 cm³/mol. The van der Waals surface area contributed by atoms with Crippen molar-refractivity contribution in [2.75, 3.05) is 50.5 Å². The zero-order valence-electron chi connectivity index (χ0n) is 12.0. The minimum Gasteiger partial charge on any atom is -0.464 e. The van der Waals surface area contributed by atoms with Crippen molar-refractivity contribution in [2.24, 2.45) is 0 Å². The van der Waals surface area contributed by atoms with Gasteiger partial charge in [0.1, 0.15) is 0 Å². The van der Waals surface area contributed by atoms with Crippen molar-refractivity contribution in [3.8, 4) is 6.01 Å². The van der Waals surface area contributed by atoms with Crippen molar-refractivity contribution in [2.45, 2.75) is 13.3 Å². The van der Waals surface area contributed by atoms with Crippen molar-refractivity contribution < 1.29 is 14.3 Å². The topological polar surface area (TPSA) is 115 Å². The summed E-state index contributed by atoms with van der Waals surface area (Å²) < 4.78 is 10.4. The molecule has 21 heavy (non-hydrogen) atoms. The van der Waals surface area contributed by atoms with E-state index in [0.29, 0.717) is 51.8 Å². The molecule has 1 aliphatic rings. The van der Waals surface area contributed by atoms with E-state index < -0.39 is 0 Å². The van der Waals surface area contributed by atoms with Gasteiger partial charge in [0.05, 0.1) is 19.8 Å². The highest BCUT2D eigenvalue weighted by molar-refractivity contribution is 5.76. The fourth-order valence-electron chi connectivity index (χ4n) is 1.90. The molecule has 1 aromatic heterocycles. The summed E-state index contributed by atoms with van der Waals surface area (Å²) in [7, 11) is 0. The van der Waals surface area contributed by atoms with Crippen LogP contribution in [0, 0.1) is 0 Å². The lowest BCUT2D eigenvalue weighted by atomic mass is 10.3. The second kappa shape index (κ2) is 7.58. The second-order valence-corrected chi connectivity index (χ2v) is 4.40. The van der Waals surface area contributed by atoms with Crippen LogP contribution in [0.4, 0.5) is 11.9 Å². The number of hydrogen-bond acceptors (Lipinski definition) is 8. The number of rotatable bonds is 6. The summed E-state index contributed by atoms with van der Waals surface area (Å²) in [6.45, 7) is 5.18. The number of anilines is 2. The quantitative estimate of drug-likeness (QED) is 0.722. The molecule has 116 valence electrons. The van der Waals surface area contributed by atoms with E-state index >= 15 is 0 Å². The smallest absolute Gasteiger partial charge is 0.323 e. The van der Waals surface area contributed by atoms with E-state index in [1.165, 1.54) is 0 Å². The first-order valence-corrected chi connectivity index (χ1v) is 6.92. The monoisotopic (exact) mass is 296 g/mol. The van der Waals surface area contributed by atoms with Gasteiger partial charge >= 0.3 is 6.01 Å². The summed E-state index contributed by atoms with van der Waals surface area (Å²) in [5.41, 5.74) is 5.57. The Morgan fingerprint density at radius 1 is 1.38 bits per heavy atom. The molecule has 0 bridgehead atoms.